The average Bonchev–Trinajstić information content (AvgIpc) is 3.10. The van der Waals surface area contributed by atoms with E-state index in [0.717, 1.165) is 16.5 Å². The minimum Gasteiger partial charge on any atom is -0.350 e. The maximum atomic E-state index is 12.7. The predicted octanol–water partition coefficient (Wildman–Crippen LogP) is 4.02. The number of carbonyl (C=O) groups is 2. The van der Waals surface area contributed by atoms with Crippen LogP contribution in [0.5, 0.6) is 0 Å². The molecule has 1 unspecified atom stereocenters. The lowest BCUT2D eigenvalue weighted by Gasteiger charge is -2.24. The molecule has 1 atom stereocenters. The van der Waals surface area contributed by atoms with Crippen LogP contribution in [0.2, 0.25) is 5.02 Å². The Kier molecular flexibility index (Phi) is 5.76. The molecular formula is C19H18BrClN2O2. The second-order valence-electron chi connectivity index (χ2n) is 6.01. The van der Waals surface area contributed by atoms with Crippen LogP contribution >= 0.6 is 27.5 Å². The van der Waals surface area contributed by atoms with Gasteiger partial charge in [0.05, 0.1) is 0 Å². The van der Waals surface area contributed by atoms with E-state index >= 15 is 0 Å². The van der Waals surface area contributed by atoms with Crippen LogP contribution in [0.25, 0.3) is 0 Å². The molecule has 1 N–H and O–H groups in total. The standard InChI is InChI=1S/C19H18BrClN2O2/c20-15-4-1-3-14(11-15)19(25)23-10-2-5-17(23)18(24)22-12-13-6-8-16(21)9-7-13/h1,3-4,6-9,11,17H,2,5,10,12H2,(H,22,24). The van der Waals surface area contributed by atoms with Gasteiger partial charge in [0.2, 0.25) is 5.91 Å². The second kappa shape index (κ2) is 8.02. The quantitative estimate of drug-likeness (QED) is 0.810. The molecule has 0 aromatic heterocycles. The van der Waals surface area contributed by atoms with Gasteiger partial charge >= 0.3 is 0 Å². The number of hydrogen-bond acceptors (Lipinski definition) is 2. The van der Waals surface area contributed by atoms with Crippen LogP contribution in [0.4, 0.5) is 0 Å². The Morgan fingerprint density at radius 1 is 1.20 bits per heavy atom. The number of nitrogens with one attached hydrogen (secondary N) is 1. The Morgan fingerprint density at radius 3 is 2.68 bits per heavy atom. The van der Waals surface area contributed by atoms with Crippen molar-refractivity contribution in [3.63, 3.8) is 0 Å². The Hall–Kier alpha value is -1.85. The van der Waals surface area contributed by atoms with Crippen molar-refractivity contribution in [2.45, 2.75) is 25.4 Å². The minimum atomic E-state index is -0.418. The first-order chi connectivity index (χ1) is 12.0. The lowest BCUT2D eigenvalue weighted by Crippen LogP contribution is -2.45. The van der Waals surface area contributed by atoms with Crippen molar-refractivity contribution in [2.24, 2.45) is 0 Å². The Balaban J connectivity index is 1.65. The summed E-state index contributed by atoms with van der Waals surface area (Å²) < 4.78 is 0.848. The van der Waals surface area contributed by atoms with E-state index in [1.807, 2.05) is 24.3 Å². The zero-order valence-electron chi connectivity index (χ0n) is 13.5. The van der Waals surface area contributed by atoms with Crippen LogP contribution < -0.4 is 5.32 Å². The Morgan fingerprint density at radius 2 is 1.96 bits per heavy atom. The number of hydrogen-bond donors (Lipinski definition) is 1. The SMILES string of the molecule is O=C(NCc1ccc(Cl)cc1)C1CCCN1C(=O)c1cccc(Br)c1. The van der Waals surface area contributed by atoms with Crippen LogP contribution in [-0.4, -0.2) is 29.3 Å². The molecule has 2 amide bonds. The summed E-state index contributed by atoms with van der Waals surface area (Å²) in [5.74, 6) is -0.221. The van der Waals surface area contributed by atoms with Gasteiger partial charge in [-0.3, -0.25) is 9.59 Å². The number of halogens is 2. The highest BCUT2D eigenvalue weighted by molar-refractivity contribution is 9.10. The summed E-state index contributed by atoms with van der Waals surface area (Å²) in [5, 5.41) is 3.59. The molecule has 4 nitrogen and oxygen atoms in total. The molecule has 2 aromatic carbocycles. The number of likely N-dealkylation sites (tertiary alicyclic amines) is 1. The molecule has 1 aliphatic heterocycles. The molecular weight excluding hydrogens is 404 g/mol. The number of nitrogens with zero attached hydrogens (tertiary/aromatic N) is 1. The normalized spacial score (nSPS) is 16.7. The molecule has 25 heavy (non-hydrogen) atoms. The first-order valence-electron chi connectivity index (χ1n) is 8.13. The molecule has 1 fully saturated rings. The first kappa shape index (κ1) is 18.0. The van der Waals surface area contributed by atoms with Gasteiger partial charge in [-0.15, -0.1) is 0 Å². The summed E-state index contributed by atoms with van der Waals surface area (Å²) in [4.78, 5) is 27.0. The fourth-order valence-electron chi connectivity index (χ4n) is 2.98. The lowest BCUT2D eigenvalue weighted by molar-refractivity contribution is -0.125. The molecule has 1 aliphatic rings. The van der Waals surface area contributed by atoms with E-state index in [-0.39, 0.29) is 11.8 Å². The molecule has 0 bridgehead atoms. The van der Waals surface area contributed by atoms with E-state index in [1.165, 1.54) is 0 Å². The molecule has 0 radical (unpaired) electrons. The third-order valence-electron chi connectivity index (χ3n) is 4.27. The maximum absolute atomic E-state index is 12.7. The number of rotatable bonds is 4. The van der Waals surface area contributed by atoms with E-state index in [1.54, 1.807) is 29.2 Å². The Bertz CT molecular complexity index is 779. The molecule has 1 heterocycles. The van der Waals surface area contributed by atoms with E-state index in [4.69, 9.17) is 11.6 Å². The highest BCUT2D eigenvalue weighted by atomic mass is 79.9. The lowest BCUT2D eigenvalue weighted by atomic mass is 10.1. The molecule has 2 aromatic rings. The van der Waals surface area contributed by atoms with Gasteiger partial charge in [0.1, 0.15) is 6.04 Å². The van der Waals surface area contributed by atoms with Gasteiger partial charge in [-0.25, -0.2) is 0 Å². The highest BCUT2D eigenvalue weighted by Crippen LogP contribution is 2.22. The molecule has 130 valence electrons. The van der Waals surface area contributed by atoms with Crippen molar-refractivity contribution in [1.82, 2.24) is 10.2 Å². The summed E-state index contributed by atoms with van der Waals surface area (Å²) in [6.07, 6.45) is 1.52. The fourth-order valence-corrected chi connectivity index (χ4v) is 3.50. The van der Waals surface area contributed by atoms with Gasteiger partial charge in [0, 0.05) is 28.1 Å². The summed E-state index contributed by atoms with van der Waals surface area (Å²) in [6.45, 7) is 1.02. The maximum Gasteiger partial charge on any atom is 0.254 e. The van der Waals surface area contributed by atoms with E-state index in [9.17, 15) is 9.59 Å². The van der Waals surface area contributed by atoms with Crippen molar-refractivity contribution in [1.29, 1.82) is 0 Å². The fraction of sp³-hybridized carbons (Fsp3) is 0.263. The molecule has 0 saturated carbocycles. The molecule has 1 saturated heterocycles. The van der Waals surface area contributed by atoms with Crippen LogP contribution in [0.3, 0.4) is 0 Å². The molecule has 3 rings (SSSR count). The van der Waals surface area contributed by atoms with Gasteiger partial charge in [0.15, 0.2) is 0 Å². The third-order valence-corrected chi connectivity index (χ3v) is 5.01. The minimum absolute atomic E-state index is 0.106. The van der Waals surface area contributed by atoms with E-state index in [0.29, 0.717) is 30.1 Å². The van der Waals surface area contributed by atoms with Gasteiger partial charge in [-0.2, -0.15) is 0 Å². The number of carbonyl (C=O) groups excluding carboxylic acids is 2. The number of benzene rings is 2. The highest BCUT2D eigenvalue weighted by Gasteiger charge is 2.34. The summed E-state index contributed by atoms with van der Waals surface area (Å²) >= 11 is 9.25. The smallest absolute Gasteiger partial charge is 0.254 e. The molecule has 0 aliphatic carbocycles. The second-order valence-corrected chi connectivity index (χ2v) is 7.36. The first-order valence-corrected chi connectivity index (χ1v) is 9.30. The topological polar surface area (TPSA) is 49.4 Å². The summed E-state index contributed by atoms with van der Waals surface area (Å²) in [6, 6.07) is 14.2. The van der Waals surface area contributed by atoms with Crippen molar-refractivity contribution >= 4 is 39.3 Å². The summed E-state index contributed by atoms with van der Waals surface area (Å²) in [7, 11) is 0. The van der Waals surface area contributed by atoms with E-state index in [2.05, 4.69) is 21.2 Å². The van der Waals surface area contributed by atoms with Crippen molar-refractivity contribution in [3.8, 4) is 0 Å². The molecule has 0 spiro atoms. The third kappa shape index (κ3) is 4.41. The van der Waals surface area contributed by atoms with Gasteiger partial charge in [-0.1, -0.05) is 45.7 Å². The average molecular weight is 422 g/mol. The van der Waals surface area contributed by atoms with Crippen LogP contribution in [0.15, 0.2) is 53.0 Å². The van der Waals surface area contributed by atoms with Crippen molar-refractivity contribution in [3.05, 3.63) is 69.2 Å². The predicted molar refractivity (Wildman–Crippen MR) is 101 cm³/mol. The van der Waals surface area contributed by atoms with Crippen LogP contribution in [0, 0.1) is 0 Å². The zero-order valence-corrected chi connectivity index (χ0v) is 15.9. The largest absolute Gasteiger partial charge is 0.350 e. The van der Waals surface area contributed by atoms with Crippen molar-refractivity contribution in [2.75, 3.05) is 6.54 Å². The van der Waals surface area contributed by atoms with Gasteiger partial charge in [-0.05, 0) is 48.7 Å². The Labute approximate surface area is 160 Å². The monoisotopic (exact) mass is 420 g/mol. The van der Waals surface area contributed by atoms with Gasteiger partial charge in [0.25, 0.3) is 5.91 Å². The van der Waals surface area contributed by atoms with Crippen LogP contribution in [-0.2, 0) is 11.3 Å². The number of amides is 2. The summed E-state index contributed by atoms with van der Waals surface area (Å²) in [5.41, 5.74) is 1.56. The van der Waals surface area contributed by atoms with E-state index < -0.39 is 6.04 Å². The molecule has 6 heteroatoms. The zero-order chi connectivity index (χ0) is 17.8. The van der Waals surface area contributed by atoms with Crippen LogP contribution in [0.1, 0.15) is 28.8 Å². The van der Waals surface area contributed by atoms with Gasteiger partial charge < -0.3 is 10.2 Å². The van der Waals surface area contributed by atoms with Crippen molar-refractivity contribution < 1.29 is 9.59 Å².